The molecule has 0 aliphatic carbocycles. The van der Waals surface area contributed by atoms with Gasteiger partial charge in [0.15, 0.2) is 0 Å². The molecule has 0 bridgehead atoms. The minimum absolute atomic E-state index is 0.249. The van der Waals surface area contributed by atoms with Crippen LogP contribution in [0.25, 0.3) is 0 Å². The van der Waals surface area contributed by atoms with Gasteiger partial charge in [0.05, 0.1) is 5.92 Å². The average Bonchev–Trinajstić information content (AvgIpc) is 2.59. The van der Waals surface area contributed by atoms with Crippen LogP contribution in [-0.4, -0.2) is 20.9 Å². The predicted molar refractivity (Wildman–Crippen MR) is 114 cm³/mol. The fraction of sp³-hybridized carbons (Fsp3) is 0.571. The maximum absolute atomic E-state index is 10.6. The number of unbranched alkanes of at least 4 members (excludes halogenated alkanes) is 3. The molecular weight excluding hydrogens is 382 g/mol. The summed E-state index contributed by atoms with van der Waals surface area (Å²) in [6, 6.07) is 0. The Morgan fingerprint density at radius 1 is 0.893 bits per heavy atom. The van der Waals surface area contributed by atoms with Crippen LogP contribution in [0.2, 0.25) is 0 Å². The third kappa shape index (κ3) is 32.2. The highest BCUT2D eigenvalue weighted by Crippen LogP contribution is 2.35. The van der Waals surface area contributed by atoms with Crippen molar-refractivity contribution >= 4 is 13.9 Å². The molecular formula is C21H36FO5P. The van der Waals surface area contributed by atoms with Gasteiger partial charge in [0, 0.05) is 0 Å². The zero-order valence-corrected chi connectivity index (χ0v) is 17.9. The van der Waals surface area contributed by atoms with Crippen LogP contribution in [0.1, 0.15) is 71.6 Å². The smallest absolute Gasteiger partial charge is 0.481 e. The largest absolute Gasteiger partial charge is 0.507 e. The van der Waals surface area contributed by atoms with E-state index in [1.807, 2.05) is 0 Å². The Kier molecular flexibility index (Phi) is 20.8. The van der Waals surface area contributed by atoms with E-state index in [4.69, 9.17) is 19.5 Å². The van der Waals surface area contributed by atoms with Crippen molar-refractivity contribution in [3.8, 4) is 0 Å². The molecule has 7 heteroatoms. The number of allylic oxidation sites excluding steroid dienone is 8. The van der Waals surface area contributed by atoms with Gasteiger partial charge in [0.2, 0.25) is 0 Å². The molecule has 0 aromatic heterocycles. The van der Waals surface area contributed by atoms with Crippen LogP contribution in [0, 0.1) is 5.92 Å². The number of halogens is 1. The van der Waals surface area contributed by atoms with Crippen LogP contribution in [-0.2, 0) is 9.36 Å². The highest BCUT2D eigenvalue weighted by molar-refractivity contribution is 7.45. The Bertz CT molecular complexity index is 527. The highest BCUT2D eigenvalue weighted by Gasteiger charge is 2.08. The van der Waals surface area contributed by atoms with E-state index in [0.29, 0.717) is 6.42 Å². The van der Waals surface area contributed by atoms with Gasteiger partial charge in [0.1, 0.15) is 0 Å². The molecule has 0 rings (SSSR count). The lowest BCUT2D eigenvalue weighted by atomic mass is 10.1. The van der Waals surface area contributed by atoms with Crippen molar-refractivity contribution in [3.63, 3.8) is 0 Å². The molecule has 0 aromatic carbocycles. The van der Waals surface area contributed by atoms with Crippen LogP contribution in [0.5, 0.6) is 0 Å². The summed E-state index contributed by atoms with van der Waals surface area (Å²) in [5.74, 6) is -0.957. The second-order valence-electron chi connectivity index (χ2n) is 6.38. The number of carboxylic acid groups (broad SMARTS) is 1. The van der Waals surface area contributed by atoms with Gasteiger partial charge in [-0.15, -0.1) is 4.20 Å². The maximum atomic E-state index is 10.6. The van der Waals surface area contributed by atoms with E-state index in [1.54, 1.807) is 6.92 Å². The topological polar surface area (TPSA) is 94.8 Å². The van der Waals surface area contributed by atoms with Gasteiger partial charge < -0.3 is 5.11 Å². The molecule has 0 spiro atoms. The van der Waals surface area contributed by atoms with Crippen molar-refractivity contribution in [1.29, 1.82) is 0 Å². The summed E-state index contributed by atoms with van der Waals surface area (Å²) in [5, 5.41) is 8.76. The molecule has 0 heterocycles. The van der Waals surface area contributed by atoms with Gasteiger partial charge in [0.25, 0.3) is 0 Å². The summed E-state index contributed by atoms with van der Waals surface area (Å²) in [6.45, 7) is 3.98. The first-order chi connectivity index (χ1) is 13.2. The number of carboxylic acids is 1. The standard InChI is InChI=1S/C21H34O2.FH2O3P/c1-3-4-5-6-7-8-9-10-11-12-13-14-15-16-17-18-19-20(2)21(22)23;1-5(2,3)4/h7-8,10-11,13-14,16-17,20H,3-6,9,12,15,18-19H2,1-2H3,(H,22,23);(H2,2,3,4)/b8-7-,11-10-,14-13-,17-16-;. The average molecular weight is 418 g/mol. The van der Waals surface area contributed by atoms with Crippen molar-refractivity contribution < 1.29 is 28.4 Å². The lowest BCUT2D eigenvalue weighted by Gasteiger charge is -2.01. The summed E-state index contributed by atoms with van der Waals surface area (Å²) in [4.78, 5) is 24.6. The van der Waals surface area contributed by atoms with E-state index < -0.39 is 13.9 Å². The van der Waals surface area contributed by atoms with Gasteiger partial charge in [-0.3, -0.25) is 14.6 Å². The van der Waals surface area contributed by atoms with Crippen molar-refractivity contribution in [2.75, 3.05) is 0 Å². The van der Waals surface area contributed by atoms with Crippen molar-refractivity contribution in [1.82, 2.24) is 0 Å². The summed E-state index contributed by atoms with van der Waals surface area (Å²) >= 11 is 0. The van der Waals surface area contributed by atoms with E-state index in [0.717, 1.165) is 25.7 Å². The molecule has 0 saturated carbocycles. The van der Waals surface area contributed by atoms with E-state index in [1.165, 1.54) is 25.7 Å². The lowest BCUT2D eigenvalue weighted by molar-refractivity contribution is -0.141. The molecule has 0 amide bonds. The molecule has 0 aliphatic heterocycles. The van der Waals surface area contributed by atoms with E-state index in [-0.39, 0.29) is 5.92 Å². The van der Waals surface area contributed by atoms with Gasteiger partial charge in [-0.25, -0.2) is 4.57 Å². The van der Waals surface area contributed by atoms with E-state index in [2.05, 4.69) is 55.5 Å². The quantitative estimate of drug-likeness (QED) is 0.170. The van der Waals surface area contributed by atoms with E-state index in [9.17, 15) is 8.99 Å². The van der Waals surface area contributed by atoms with Crippen LogP contribution in [0.4, 0.5) is 4.20 Å². The second kappa shape index (κ2) is 20.2. The normalized spacial score (nSPS) is 13.5. The molecule has 0 radical (unpaired) electrons. The molecule has 0 aliphatic rings. The zero-order chi connectivity index (χ0) is 21.7. The first kappa shape index (κ1) is 28.7. The van der Waals surface area contributed by atoms with Crippen LogP contribution in [0.3, 0.4) is 0 Å². The lowest BCUT2D eigenvalue weighted by Crippen LogP contribution is -2.08. The Morgan fingerprint density at radius 2 is 1.29 bits per heavy atom. The molecule has 28 heavy (non-hydrogen) atoms. The fourth-order valence-corrected chi connectivity index (χ4v) is 2.03. The first-order valence-corrected chi connectivity index (χ1v) is 11.3. The summed E-state index contributed by atoms with van der Waals surface area (Å²) in [7, 11) is -5.14. The maximum Gasteiger partial charge on any atom is 0.507 e. The second-order valence-corrected chi connectivity index (χ2v) is 7.32. The van der Waals surface area contributed by atoms with Gasteiger partial charge in [-0.1, -0.05) is 75.3 Å². The Morgan fingerprint density at radius 3 is 1.68 bits per heavy atom. The van der Waals surface area contributed by atoms with Gasteiger partial charge >= 0.3 is 13.9 Å². The molecule has 0 fully saturated rings. The number of hydrogen-bond acceptors (Lipinski definition) is 2. The predicted octanol–water partition coefficient (Wildman–Crippen LogP) is 6.51. The van der Waals surface area contributed by atoms with E-state index >= 15 is 0 Å². The Hall–Kier alpha value is -1.49. The molecule has 1 atom stereocenters. The van der Waals surface area contributed by atoms with Gasteiger partial charge in [-0.2, -0.15) is 0 Å². The van der Waals surface area contributed by atoms with Crippen LogP contribution >= 0.6 is 7.91 Å². The monoisotopic (exact) mass is 418 g/mol. The molecule has 1 unspecified atom stereocenters. The molecule has 5 nitrogen and oxygen atoms in total. The summed E-state index contributed by atoms with van der Waals surface area (Å²) in [5.41, 5.74) is 0. The number of carbonyl (C=O) groups is 1. The molecule has 162 valence electrons. The Balaban J connectivity index is 0. The van der Waals surface area contributed by atoms with Crippen molar-refractivity contribution in [3.05, 3.63) is 48.6 Å². The fourth-order valence-electron chi connectivity index (χ4n) is 2.03. The minimum Gasteiger partial charge on any atom is -0.481 e. The molecule has 0 aromatic rings. The van der Waals surface area contributed by atoms with Crippen LogP contribution in [0.15, 0.2) is 48.6 Å². The van der Waals surface area contributed by atoms with Crippen molar-refractivity contribution in [2.45, 2.75) is 71.6 Å². The Labute approximate surface area is 169 Å². The first-order valence-electron chi connectivity index (χ1n) is 9.76. The SMILES string of the molecule is CCCCC/C=C\C/C=C\C/C=C\C/C=C\CCC(C)C(=O)O.O=P(O)(O)F. The van der Waals surface area contributed by atoms with Crippen molar-refractivity contribution in [2.24, 2.45) is 5.92 Å². The summed E-state index contributed by atoms with van der Waals surface area (Å²) in [6.07, 6.45) is 27.1. The third-order valence-electron chi connectivity index (χ3n) is 3.65. The highest BCUT2D eigenvalue weighted by atomic mass is 31.2. The van der Waals surface area contributed by atoms with Crippen LogP contribution < -0.4 is 0 Å². The molecule has 0 saturated heterocycles. The number of aliphatic carboxylic acids is 1. The number of hydrogen-bond donors (Lipinski definition) is 3. The zero-order valence-electron chi connectivity index (χ0n) is 17.0. The minimum atomic E-state index is -5.14. The van der Waals surface area contributed by atoms with Gasteiger partial charge in [-0.05, 0) is 44.9 Å². The third-order valence-corrected chi connectivity index (χ3v) is 3.65. The molecule has 3 N–H and O–H groups in total. The summed E-state index contributed by atoms with van der Waals surface area (Å²) < 4.78 is 19.0. The number of rotatable bonds is 14.